The van der Waals surface area contributed by atoms with Crippen LogP contribution in [-0.4, -0.2) is 39.0 Å². The summed E-state index contributed by atoms with van der Waals surface area (Å²) in [7, 11) is 2.05. The van der Waals surface area contributed by atoms with E-state index in [1.165, 1.54) is 0 Å². The summed E-state index contributed by atoms with van der Waals surface area (Å²) >= 11 is 0. The lowest BCUT2D eigenvalue weighted by Gasteiger charge is -2.21. The van der Waals surface area contributed by atoms with Crippen LogP contribution in [0.15, 0.2) is 54.7 Å². The van der Waals surface area contributed by atoms with Gasteiger partial charge in [0.1, 0.15) is 0 Å². The van der Waals surface area contributed by atoms with Gasteiger partial charge in [-0.05, 0) is 30.3 Å². The first-order chi connectivity index (χ1) is 13.2. The zero-order valence-corrected chi connectivity index (χ0v) is 15.3. The highest BCUT2D eigenvalue weighted by Gasteiger charge is 2.23. The fraction of sp³-hybridized carbons (Fsp3) is 0.286. The zero-order chi connectivity index (χ0) is 18.6. The highest BCUT2D eigenvalue weighted by molar-refractivity contribution is 6.31. The zero-order valence-electron chi connectivity index (χ0n) is 15.3. The highest BCUT2D eigenvalue weighted by atomic mass is 16.7. The Kier molecular flexibility index (Phi) is 5.09. The topological polar surface area (TPSA) is 62.8 Å². The number of hydrogen-bond donors (Lipinski definition) is 2. The van der Waals surface area contributed by atoms with E-state index in [0.717, 1.165) is 35.6 Å². The molecule has 0 saturated carbocycles. The lowest BCUT2D eigenvalue weighted by atomic mass is 10.1. The van der Waals surface area contributed by atoms with E-state index in [0.29, 0.717) is 18.8 Å². The largest absolute Gasteiger partial charge is 0.374 e. The van der Waals surface area contributed by atoms with Crippen LogP contribution < -0.4 is 15.5 Å². The van der Waals surface area contributed by atoms with Gasteiger partial charge in [0.15, 0.2) is 6.29 Å². The SMILES string of the molecule is CN(CCC1OCCO1)c1ccc(NC=C2C(=O)Nc3ccccc32)cc1. The fourth-order valence-corrected chi connectivity index (χ4v) is 3.25. The number of benzene rings is 2. The number of carbonyl (C=O) groups is 1. The van der Waals surface area contributed by atoms with Crippen molar-refractivity contribution in [1.82, 2.24) is 0 Å². The van der Waals surface area contributed by atoms with E-state index in [2.05, 4.69) is 34.7 Å². The molecule has 1 amide bonds. The van der Waals surface area contributed by atoms with Gasteiger partial charge < -0.3 is 25.0 Å². The molecule has 6 nitrogen and oxygen atoms in total. The van der Waals surface area contributed by atoms with E-state index < -0.39 is 0 Å². The van der Waals surface area contributed by atoms with Gasteiger partial charge >= 0.3 is 0 Å². The quantitative estimate of drug-likeness (QED) is 0.769. The summed E-state index contributed by atoms with van der Waals surface area (Å²) in [6.45, 7) is 2.23. The first-order valence-electron chi connectivity index (χ1n) is 9.12. The maximum Gasteiger partial charge on any atom is 0.257 e. The summed E-state index contributed by atoms with van der Waals surface area (Å²) < 4.78 is 10.9. The van der Waals surface area contributed by atoms with Gasteiger partial charge in [-0.25, -0.2) is 0 Å². The lowest BCUT2D eigenvalue weighted by Crippen LogP contribution is -2.23. The number of para-hydroxylation sites is 1. The van der Waals surface area contributed by atoms with Crippen LogP contribution in [0.25, 0.3) is 5.57 Å². The summed E-state index contributed by atoms with van der Waals surface area (Å²) in [5.74, 6) is -0.0867. The van der Waals surface area contributed by atoms with Gasteiger partial charge in [-0.2, -0.15) is 0 Å². The van der Waals surface area contributed by atoms with Crippen LogP contribution in [0.4, 0.5) is 17.1 Å². The maximum absolute atomic E-state index is 12.1. The van der Waals surface area contributed by atoms with Crippen LogP contribution in [0.2, 0.25) is 0 Å². The molecule has 2 aromatic rings. The number of anilines is 3. The number of nitrogens with zero attached hydrogens (tertiary/aromatic N) is 1. The normalized spacial score (nSPS) is 17.8. The Hall–Kier alpha value is -2.83. The minimum absolute atomic E-state index is 0.0829. The number of carbonyl (C=O) groups excluding carboxylic acids is 1. The molecule has 6 heteroatoms. The van der Waals surface area contributed by atoms with Crippen LogP contribution in [-0.2, 0) is 14.3 Å². The van der Waals surface area contributed by atoms with Crippen LogP contribution in [0.3, 0.4) is 0 Å². The number of nitrogens with one attached hydrogen (secondary N) is 2. The second kappa shape index (κ2) is 7.82. The van der Waals surface area contributed by atoms with E-state index in [1.54, 1.807) is 6.20 Å². The van der Waals surface area contributed by atoms with Crippen molar-refractivity contribution in [2.75, 3.05) is 42.3 Å². The van der Waals surface area contributed by atoms with E-state index in [1.807, 2.05) is 36.4 Å². The summed E-state index contributed by atoms with van der Waals surface area (Å²) in [4.78, 5) is 14.3. The molecule has 27 heavy (non-hydrogen) atoms. The molecule has 0 bridgehead atoms. The minimum Gasteiger partial charge on any atom is -0.374 e. The fourth-order valence-electron chi connectivity index (χ4n) is 3.25. The predicted octanol–water partition coefficient (Wildman–Crippen LogP) is 3.29. The minimum atomic E-state index is -0.0867. The molecule has 2 aliphatic rings. The van der Waals surface area contributed by atoms with Crippen LogP contribution in [0.5, 0.6) is 0 Å². The van der Waals surface area contributed by atoms with Gasteiger partial charge in [0.25, 0.3) is 5.91 Å². The van der Waals surface area contributed by atoms with Gasteiger partial charge in [0, 0.05) is 48.8 Å². The Morgan fingerprint density at radius 1 is 1.15 bits per heavy atom. The average Bonchev–Trinajstić information content (AvgIpc) is 3.32. The summed E-state index contributed by atoms with van der Waals surface area (Å²) in [6.07, 6.45) is 2.52. The molecule has 0 atom stereocenters. The third kappa shape index (κ3) is 3.97. The smallest absolute Gasteiger partial charge is 0.257 e. The molecule has 2 heterocycles. The van der Waals surface area contributed by atoms with Crippen molar-refractivity contribution in [1.29, 1.82) is 0 Å². The van der Waals surface area contributed by atoms with Crippen LogP contribution in [0.1, 0.15) is 12.0 Å². The summed E-state index contributed by atoms with van der Waals surface area (Å²) in [5.41, 5.74) is 4.46. The van der Waals surface area contributed by atoms with Crippen molar-refractivity contribution in [3.05, 3.63) is 60.3 Å². The standard InChI is InChI=1S/C21H23N3O3/c1-24(11-10-20-26-12-13-27-20)16-8-6-15(7-9-16)22-14-18-17-4-2-3-5-19(17)23-21(18)25/h2-9,14,20,22H,10-13H2,1H3,(H,23,25). The van der Waals surface area contributed by atoms with Gasteiger partial charge in [0.2, 0.25) is 0 Å². The van der Waals surface area contributed by atoms with E-state index in [-0.39, 0.29) is 12.2 Å². The molecule has 1 saturated heterocycles. The first kappa shape index (κ1) is 17.6. The van der Waals surface area contributed by atoms with Crippen molar-refractivity contribution < 1.29 is 14.3 Å². The molecule has 0 spiro atoms. The molecule has 1 fully saturated rings. The number of ether oxygens (including phenoxy) is 2. The van der Waals surface area contributed by atoms with Crippen LogP contribution in [0, 0.1) is 0 Å². The van der Waals surface area contributed by atoms with E-state index >= 15 is 0 Å². The molecule has 2 aromatic carbocycles. The molecule has 0 aromatic heterocycles. The van der Waals surface area contributed by atoms with E-state index in [9.17, 15) is 4.79 Å². The van der Waals surface area contributed by atoms with Crippen LogP contribution >= 0.6 is 0 Å². The van der Waals surface area contributed by atoms with Crippen molar-refractivity contribution in [3.63, 3.8) is 0 Å². The molecule has 2 aliphatic heterocycles. The number of rotatable bonds is 6. The molecule has 2 N–H and O–H groups in total. The molecular formula is C21H23N3O3. The molecule has 0 radical (unpaired) electrons. The average molecular weight is 365 g/mol. The van der Waals surface area contributed by atoms with Gasteiger partial charge in [-0.3, -0.25) is 4.79 Å². The molecule has 0 unspecified atom stereocenters. The molecule has 4 rings (SSSR count). The third-order valence-electron chi connectivity index (χ3n) is 4.79. The van der Waals surface area contributed by atoms with Crippen molar-refractivity contribution in [2.24, 2.45) is 0 Å². The summed E-state index contributed by atoms with van der Waals surface area (Å²) in [6, 6.07) is 15.8. The Labute approximate surface area is 158 Å². The maximum atomic E-state index is 12.1. The van der Waals surface area contributed by atoms with Crippen molar-refractivity contribution in [2.45, 2.75) is 12.7 Å². The number of amides is 1. The monoisotopic (exact) mass is 365 g/mol. The Bertz CT molecular complexity index is 842. The first-order valence-corrected chi connectivity index (χ1v) is 9.12. The van der Waals surface area contributed by atoms with Gasteiger partial charge in [-0.15, -0.1) is 0 Å². The third-order valence-corrected chi connectivity index (χ3v) is 4.79. The van der Waals surface area contributed by atoms with Crippen molar-refractivity contribution in [3.8, 4) is 0 Å². The molecule has 140 valence electrons. The molecular weight excluding hydrogens is 342 g/mol. The number of fused-ring (bicyclic) bond motifs is 1. The number of hydrogen-bond acceptors (Lipinski definition) is 5. The second-order valence-corrected chi connectivity index (χ2v) is 6.63. The lowest BCUT2D eigenvalue weighted by molar-refractivity contribution is -0.110. The predicted molar refractivity (Wildman–Crippen MR) is 107 cm³/mol. The van der Waals surface area contributed by atoms with E-state index in [4.69, 9.17) is 9.47 Å². The highest BCUT2D eigenvalue weighted by Crippen LogP contribution is 2.31. The Morgan fingerprint density at radius 3 is 2.67 bits per heavy atom. The van der Waals surface area contributed by atoms with Gasteiger partial charge in [-0.1, -0.05) is 18.2 Å². The Balaban J connectivity index is 1.37. The summed E-state index contributed by atoms with van der Waals surface area (Å²) in [5, 5.41) is 6.09. The molecule has 0 aliphatic carbocycles. The van der Waals surface area contributed by atoms with Crippen molar-refractivity contribution >= 4 is 28.5 Å². The Morgan fingerprint density at radius 2 is 1.89 bits per heavy atom. The van der Waals surface area contributed by atoms with Gasteiger partial charge in [0.05, 0.1) is 18.8 Å². The second-order valence-electron chi connectivity index (χ2n) is 6.63.